The van der Waals surface area contributed by atoms with Crippen molar-refractivity contribution in [2.75, 3.05) is 0 Å². The zero-order valence-electron chi connectivity index (χ0n) is 7.05. The van der Waals surface area contributed by atoms with Gasteiger partial charge in [-0.05, 0) is 24.7 Å². The van der Waals surface area contributed by atoms with E-state index in [9.17, 15) is 4.79 Å². The van der Waals surface area contributed by atoms with Crippen LogP contribution >= 0.6 is 0 Å². The molecule has 11 heavy (non-hydrogen) atoms. The Morgan fingerprint density at radius 2 is 1.91 bits per heavy atom. The zero-order chi connectivity index (χ0) is 8.27. The Morgan fingerprint density at radius 3 is 2.36 bits per heavy atom. The predicted molar refractivity (Wildman–Crippen MR) is 43.4 cm³/mol. The molecule has 1 rings (SSSR count). The molecule has 1 aliphatic carbocycles. The first-order valence-corrected chi connectivity index (χ1v) is 4.40. The monoisotopic (exact) mass is 156 g/mol. The van der Waals surface area contributed by atoms with Crippen LogP contribution in [0.4, 0.5) is 0 Å². The van der Waals surface area contributed by atoms with Gasteiger partial charge in [0.1, 0.15) is 0 Å². The van der Waals surface area contributed by atoms with E-state index in [1.165, 1.54) is 12.8 Å². The molecular formula is C9H16O2. The van der Waals surface area contributed by atoms with Gasteiger partial charge in [0.15, 0.2) is 0 Å². The molecule has 1 saturated carbocycles. The minimum atomic E-state index is -0.635. The summed E-state index contributed by atoms with van der Waals surface area (Å²) in [6.07, 6.45) is 5.06. The molecule has 0 aromatic rings. The SMILES string of the molecule is C[C@H]1CC[C@@H](CC(=O)O)CC1. The molecule has 0 aromatic heterocycles. The van der Waals surface area contributed by atoms with Crippen molar-refractivity contribution in [3.05, 3.63) is 0 Å². The van der Waals surface area contributed by atoms with Crippen LogP contribution in [0.15, 0.2) is 0 Å². The lowest BCUT2D eigenvalue weighted by Crippen LogP contribution is -2.15. The summed E-state index contributed by atoms with van der Waals surface area (Å²) < 4.78 is 0. The lowest BCUT2D eigenvalue weighted by atomic mass is 9.81. The summed E-state index contributed by atoms with van der Waals surface area (Å²) >= 11 is 0. The third-order valence-corrected chi connectivity index (χ3v) is 2.60. The maximum atomic E-state index is 10.3. The molecule has 2 heteroatoms. The van der Waals surface area contributed by atoms with Gasteiger partial charge in [-0.2, -0.15) is 0 Å². The fourth-order valence-corrected chi connectivity index (χ4v) is 1.78. The van der Waals surface area contributed by atoms with Crippen molar-refractivity contribution in [2.45, 2.75) is 39.0 Å². The summed E-state index contributed by atoms with van der Waals surface area (Å²) in [7, 11) is 0. The lowest BCUT2D eigenvalue weighted by molar-refractivity contribution is -0.138. The first-order valence-electron chi connectivity index (χ1n) is 4.40. The van der Waals surface area contributed by atoms with Gasteiger partial charge in [-0.25, -0.2) is 0 Å². The minimum Gasteiger partial charge on any atom is -0.481 e. The van der Waals surface area contributed by atoms with Crippen LogP contribution < -0.4 is 0 Å². The van der Waals surface area contributed by atoms with Crippen molar-refractivity contribution < 1.29 is 9.90 Å². The molecule has 1 fully saturated rings. The van der Waals surface area contributed by atoms with Gasteiger partial charge >= 0.3 is 5.97 Å². The van der Waals surface area contributed by atoms with Gasteiger partial charge in [0.05, 0.1) is 0 Å². The minimum absolute atomic E-state index is 0.382. The molecule has 0 unspecified atom stereocenters. The van der Waals surface area contributed by atoms with E-state index in [0.717, 1.165) is 18.8 Å². The van der Waals surface area contributed by atoms with E-state index in [-0.39, 0.29) is 0 Å². The number of carboxylic acid groups (broad SMARTS) is 1. The van der Waals surface area contributed by atoms with Gasteiger partial charge in [0, 0.05) is 6.42 Å². The highest BCUT2D eigenvalue weighted by molar-refractivity contribution is 5.67. The van der Waals surface area contributed by atoms with Crippen molar-refractivity contribution in [3.8, 4) is 0 Å². The van der Waals surface area contributed by atoms with Crippen molar-refractivity contribution in [3.63, 3.8) is 0 Å². The number of carboxylic acids is 1. The molecule has 0 aliphatic heterocycles. The van der Waals surface area contributed by atoms with Gasteiger partial charge < -0.3 is 5.11 Å². The highest BCUT2D eigenvalue weighted by atomic mass is 16.4. The Balaban J connectivity index is 2.22. The number of hydrogen-bond acceptors (Lipinski definition) is 1. The summed E-state index contributed by atoms with van der Waals surface area (Å²) in [6, 6.07) is 0. The van der Waals surface area contributed by atoms with Crippen LogP contribution in [0.1, 0.15) is 39.0 Å². The molecule has 2 nitrogen and oxygen atoms in total. The van der Waals surface area contributed by atoms with Crippen LogP contribution in [0.3, 0.4) is 0 Å². The van der Waals surface area contributed by atoms with Crippen LogP contribution in [0.2, 0.25) is 0 Å². The van der Waals surface area contributed by atoms with Crippen LogP contribution in [-0.2, 0) is 4.79 Å². The molecule has 0 radical (unpaired) electrons. The largest absolute Gasteiger partial charge is 0.481 e. The summed E-state index contributed by atoms with van der Waals surface area (Å²) in [5.41, 5.74) is 0. The second kappa shape index (κ2) is 3.74. The van der Waals surface area contributed by atoms with Crippen LogP contribution in [0.25, 0.3) is 0 Å². The second-order valence-corrected chi connectivity index (χ2v) is 3.72. The van der Waals surface area contributed by atoms with E-state index in [1.54, 1.807) is 0 Å². The molecule has 0 bridgehead atoms. The Labute approximate surface area is 67.6 Å². The molecule has 64 valence electrons. The van der Waals surface area contributed by atoms with Crippen molar-refractivity contribution >= 4 is 5.97 Å². The van der Waals surface area contributed by atoms with Crippen LogP contribution in [0.5, 0.6) is 0 Å². The molecular weight excluding hydrogens is 140 g/mol. The summed E-state index contributed by atoms with van der Waals surface area (Å²) in [5.74, 6) is 0.647. The first-order chi connectivity index (χ1) is 5.18. The third-order valence-electron chi connectivity index (χ3n) is 2.60. The van der Waals surface area contributed by atoms with Crippen molar-refractivity contribution in [2.24, 2.45) is 11.8 Å². The Kier molecular flexibility index (Phi) is 2.92. The molecule has 0 amide bonds. The highest BCUT2D eigenvalue weighted by Gasteiger charge is 2.19. The quantitative estimate of drug-likeness (QED) is 0.666. The Hall–Kier alpha value is -0.530. The van der Waals surface area contributed by atoms with Gasteiger partial charge in [0.2, 0.25) is 0 Å². The van der Waals surface area contributed by atoms with Crippen molar-refractivity contribution in [1.29, 1.82) is 0 Å². The second-order valence-electron chi connectivity index (χ2n) is 3.72. The number of rotatable bonds is 2. The normalized spacial score (nSPS) is 31.7. The molecule has 0 spiro atoms. The number of carbonyl (C=O) groups is 1. The summed E-state index contributed by atoms with van der Waals surface area (Å²) in [5, 5.41) is 8.53. The zero-order valence-corrected chi connectivity index (χ0v) is 7.05. The Morgan fingerprint density at radius 1 is 1.36 bits per heavy atom. The van der Waals surface area contributed by atoms with Crippen molar-refractivity contribution in [1.82, 2.24) is 0 Å². The summed E-state index contributed by atoms with van der Waals surface area (Å²) in [6.45, 7) is 2.25. The number of aliphatic carboxylic acids is 1. The highest BCUT2D eigenvalue weighted by Crippen LogP contribution is 2.29. The van der Waals surface area contributed by atoms with Gasteiger partial charge in [-0.1, -0.05) is 19.8 Å². The van der Waals surface area contributed by atoms with Crippen LogP contribution in [-0.4, -0.2) is 11.1 Å². The maximum Gasteiger partial charge on any atom is 0.303 e. The number of hydrogen-bond donors (Lipinski definition) is 1. The summed E-state index contributed by atoms with van der Waals surface area (Å²) in [4.78, 5) is 10.3. The smallest absolute Gasteiger partial charge is 0.303 e. The van der Waals surface area contributed by atoms with E-state index in [1.807, 2.05) is 0 Å². The fraction of sp³-hybridized carbons (Fsp3) is 0.889. The van der Waals surface area contributed by atoms with Gasteiger partial charge in [0.25, 0.3) is 0 Å². The molecule has 1 aliphatic rings. The average molecular weight is 156 g/mol. The lowest BCUT2D eigenvalue weighted by Gasteiger charge is -2.24. The Bertz CT molecular complexity index is 134. The van der Waals surface area contributed by atoms with Gasteiger partial charge in [-0.15, -0.1) is 0 Å². The molecule has 1 N–H and O–H groups in total. The third kappa shape index (κ3) is 2.91. The van der Waals surface area contributed by atoms with E-state index in [4.69, 9.17) is 5.11 Å². The van der Waals surface area contributed by atoms with Crippen LogP contribution in [0, 0.1) is 11.8 Å². The van der Waals surface area contributed by atoms with Gasteiger partial charge in [-0.3, -0.25) is 4.79 Å². The standard InChI is InChI=1S/C9H16O2/c1-7-2-4-8(5-3-7)6-9(10)11/h7-8H,2-6H2,1H3,(H,10,11)/t7-,8+. The molecule has 0 heterocycles. The van der Waals surface area contributed by atoms with E-state index >= 15 is 0 Å². The van der Waals surface area contributed by atoms with E-state index in [0.29, 0.717) is 12.3 Å². The molecule has 0 aromatic carbocycles. The molecule has 0 saturated heterocycles. The average Bonchev–Trinajstić information content (AvgIpc) is 1.93. The predicted octanol–water partition coefficient (Wildman–Crippen LogP) is 2.29. The van der Waals surface area contributed by atoms with E-state index < -0.39 is 5.97 Å². The first kappa shape index (κ1) is 8.57. The maximum absolute atomic E-state index is 10.3. The molecule has 0 atom stereocenters. The van der Waals surface area contributed by atoms with E-state index in [2.05, 4.69) is 6.92 Å². The fourth-order valence-electron chi connectivity index (χ4n) is 1.78. The topological polar surface area (TPSA) is 37.3 Å².